The second kappa shape index (κ2) is 9.19. The Morgan fingerprint density at radius 2 is 1.86 bits per heavy atom. The lowest BCUT2D eigenvalue weighted by atomic mass is 10.1. The summed E-state index contributed by atoms with van der Waals surface area (Å²) in [6, 6.07) is 15.2. The number of aromatic nitrogens is 2. The van der Waals surface area contributed by atoms with Gasteiger partial charge in [-0.1, -0.05) is 25.0 Å². The van der Waals surface area contributed by atoms with Gasteiger partial charge in [-0.25, -0.2) is 0 Å². The average Bonchev–Trinajstić information content (AvgIpc) is 3.13. The van der Waals surface area contributed by atoms with Crippen molar-refractivity contribution < 1.29 is 9.21 Å². The minimum absolute atomic E-state index is 0.221. The van der Waals surface area contributed by atoms with Gasteiger partial charge in [0, 0.05) is 30.4 Å². The van der Waals surface area contributed by atoms with Gasteiger partial charge >= 0.3 is 0 Å². The first-order chi connectivity index (χ1) is 14.3. The molecule has 0 bridgehead atoms. The van der Waals surface area contributed by atoms with Crippen molar-refractivity contribution in [2.24, 2.45) is 0 Å². The van der Waals surface area contributed by atoms with Gasteiger partial charge in [-0.2, -0.15) is 0 Å². The third-order valence-corrected chi connectivity index (χ3v) is 4.95. The number of nitrogens with one attached hydrogen (secondary N) is 1. The van der Waals surface area contributed by atoms with E-state index in [0.29, 0.717) is 11.4 Å². The number of hydrogen-bond acceptors (Lipinski definition) is 5. The first-order valence-corrected chi connectivity index (χ1v) is 10.00. The Balaban J connectivity index is 1.43. The van der Waals surface area contributed by atoms with E-state index in [1.807, 2.05) is 36.4 Å². The van der Waals surface area contributed by atoms with E-state index < -0.39 is 0 Å². The Hall–Kier alpha value is -3.41. The van der Waals surface area contributed by atoms with Crippen LogP contribution in [-0.4, -0.2) is 29.2 Å². The Kier molecular flexibility index (Phi) is 6.00. The highest BCUT2D eigenvalue weighted by Gasteiger charge is 2.12. The maximum atomic E-state index is 12.1. The Morgan fingerprint density at radius 1 is 1.00 bits per heavy atom. The summed E-state index contributed by atoms with van der Waals surface area (Å²) in [5.74, 6) is 1.35. The minimum atomic E-state index is -0.221. The highest BCUT2D eigenvalue weighted by Crippen LogP contribution is 2.23. The maximum Gasteiger partial charge on any atom is 0.248 e. The molecule has 0 saturated carbocycles. The number of furan rings is 1. The molecule has 4 rings (SSSR count). The van der Waals surface area contributed by atoms with Gasteiger partial charge in [0.05, 0.1) is 12.0 Å². The topological polar surface area (TPSA) is 71.3 Å². The van der Waals surface area contributed by atoms with Gasteiger partial charge in [-0.3, -0.25) is 4.79 Å². The highest BCUT2D eigenvalue weighted by molar-refractivity contribution is 6.02. The fourth-order valence-corrected chi connectivity index (χ4v) is 3.43. The predicted molar refractivity (Wildman–Crippen MR) is 115 cm³/mol. The monoisotopic (exact) mass is 388 g/mol. The van der Waals surface area contributed by atoms with E-state index in [1.165, 1.54) is 31.8 Å². The lowest BCUT2D eigenvalue weighted by Crippen LogP contribution is -2.25. The van der Waals surface area contributed by atoms with E-state index in [2.05, 4.69) is 20.4 Å². The smallest absolute Gasteiger partial charge is 0.248 e. The summed E-state index contributed by atoms with van der Waals surface area (Å²) >= 11 is 0. The van der Waals surface area contributed by atoms with Crippen LogP contribution < -0.4 is 10.2 Å². The number of nitrogens with zero attached hydrogens (tertiary/aromatic N) is 3. The van der Waals surface area contributed by atoms with Gasteiger partial charge in [0.2, 0.25) is 5.91 Å². The average molecular weight is 388 g/mol. The zero-order valence-corrected chi connectivity index (χ0v) is 16.3. The first kappa shape index (κ1) is 18.9. The molecule has 0 atom stereocenters. The summed E-state index contributed by atoms with van der Waals surface area (Å²) in [6.07, 6.45) is 9.64. The second-order valence-corrected chi connectivity index (χ2v) is 7.10. The molecule has 6 heteroatoms. The molecule has 6 nitrogen and oxygen atoms in total. The number of amides is 1. The molecule has 1 amide bonds. The van der Waals surface area contributed by atoms with Crippen LogP contribution in [0.1, 0.15) is 31.4 Å². The number of hydrogen-bond donors (Lipinski definition) is 1. The summed E-state index contributed by atoms with van der Waals surface area (Å²) in [5, 5.41) is 11.7. The normalized spacial score (nSPS) is 14.7. The summed E-state index contributed by atoms with van der Waals surface area (Å²) < 4.78 is 5.19. The first-order valence-electron chi connectivity index (χ1n) is 10.00. The molecule has 148 valence electrons. The summed E-state index contributed by atoms with van der Waals surface area (Å²) in [4.78, 5) is 14.4. The van der Waals surface area contributed by atoms with Crippen LogP contribution in [0.5, 0.6) is 0 Å². The fraction of sp³-hybridized carbons (Fsp3) is 0.261. The van der Waals surface area contributed by atoms with E-state index in [9.17, 15) is 4.79 Å². The summed E-state index contributed by atoms with van der Waals surface area (Å²) in [5.41, 5.74) is 2.40. The molecule has 3 heterocycles. The van der Waals surface area contributed by atoms with Gasteiger partial charge in [0.1, 0.15) is 5.76 Å². The zero-order chi connectivity index (χ0) is 19.9. The number of carbonyl (C=O) groups excluding carboxylic acids is 1. The van der Waals surface area contributed by atoms with Crippen LogP contribution in [0.15, 0.2) is 65.3 Å². The van der Waals surface area contributed by atoms with Gasteiger partial charge in [-0.15, -0.1) is 10.2 Å². The van der Waals surface area contributed by atoms with E-state index in [4.69, 9.17) is 4.42 Å². The van der Waals surface area contributed by atoms with Gasteiger partial charge in [-0.05, 0) is 55.3 Å². The molecule has 1 fully saturated rings. The van der Waals surface area contributed by atoms with Crippen LogP contribution in [0.25, 0.3) is 17.3 Å². The largest absolute Gasteiger partial charge is 0.465 e. The van der Waals surface area contributed by atoms with Crippen molar-refractivity contribution in [3.05, 3.63) is 66.6 Å². The van der Waals surface area contributed by atoms with Crippen molar-refractivity contribution in [1.29, 1.82) is 0 Å². The third-order valence-electron chi connectivity index (χ3n) is 4.95. The molecule has 0 spiro atoms. The quantitative estimate of drug-likeness (QED) is 0.638. The summed E-state index contributed by atoms with van der Waals surface area (Å²) in [6.45, 7) is 2.09. The maximum absolute atomic E-state index is 12.1. The van der Waals surface area contributed by atoms with Crippen LogP contribution in [-0.2, 0) is 4.79 Å². The lowest BCUT2D eigenvalue weighted by molar-refractivity contribution is -0.111. The summed E-state index contributed by atoms with van der Waals surface area (Å²) in [7, 11) is 0. The van der Waals surface area contributed by atoms with Crippen LogP contribution >= 0.6 is 0 Å². The fourth-order valence-electron chi connectivity index (χ4n) is 3.43. The van der Waals surface area contributed by atoms with Crippen LogP contribution in [0.3, 0.4) is 0 Å². The molecule has 3 aromatic rings. The van der Waals surface area contributed by atoms with Crippen molar-refractivity contribution in [1.82, 2.24) is 10.2 Å². The van der Waals surface area contributed by atoms with E-state index in [0.717, 1.165) is 30.2 Å². The predicted octanol–water partition coefficient (Wildman–Crippen LogP) is 4.77. The van der Waals surface area contributed by atoms with E-state index in [1.54, 1.807) is 24.5 Å². The van der Waals surface area contributed by atoms with Crippen molar-refractivity contribution in [2.45, 2.75) is 25.7 Å². The minimum Gasteiger partial charge on any atom is -0.465 e. The molecular formula is C23H24N4O2. The molecule has 1 saturated heterocycles. The van der Waals surface area contributed by atoms with E-state index >= 15 is 0 Å². The van der Waals surface area contributed by atoms with E-state index in [-0.39, 0.29) is 5.91 Å². The SMILES string of the molecule is O=C(/C=C/c1ccco1)Nc1cccc(-c2ccc(N3CCCCCC3)nn2)c1. The third kappa shape index (κ3) is 5.10. The van der Waals surface area contributed by atoms with Gasteiger partial charge < -0.3 is 14.6 Å². The van der Waals surface area contributed by atoms with Crippen molar-refractivity contribution in [3.63, 3.8) is 0 Å². The number of anilines is 2. The van der Waals surface area contributed by atoms with Crippen molar-refractivity contribution in [3.8, 4) is 11.3 Å². The lowest BCUT2D eigenvalue weighted by Gasteiger charge is -2.20. The van der Waals surface area contributed by atoms with Crippen molar-refractivity contribution in [2.75, 3.05) is 23.3 Å². The Labute approximate surface area is 170 Å². The molecule has 1 aliphatic rings. The molecule has 0 radical (unpaired) electrons. The standard InChI is InChI=1S/C23H24N4O2/c28-23(13-10-20-9-6-16-29-20)24-19-8-5-7-18(17-19)21-11-12-22(26-25-21)27-14-3-1-2-4-15-27/h5-13,16-17H,1-4,14-15H2,(H,24,28)/b13-10+. The Morgan fingerprint density at radius 3 is 2.59 bits per heavy atom. The molecule has 1 aromatic carbocycles. The zero-order valence-electron chi connectivity index (χ0n) is 16.3. The Bertz CT molecular complexity index is 957. The molecule has 0 aliphatic carbocycles. The van der Waals surface area contributed by atoms with Crippen LogP contribution in [0.2, 0.25) is 0 Å². The molecule has 29 heavy (non-hydrogen) atoms. The number of carbonyl (C=O) groups is 1. The highest BCUT2D eigenvalue weighted by atomic mass is 16.3. The molecule has 0 unspecified atom stereocenters. The molecule has 1 N–H and O–H groups in total. The van der Waals surface area contributed by atoms with Crippen molar-refractivity contribution >= 4 is 23.5 Å². The van der Waals surface area contributed by atoms with Crippen LogP contribution in [0, 0.1) is 0 Å². The number of benzene rings is 1. The molecule has 2 aromatic heterocycles. The second-order valence-electron chi connectivity index (χ2n) is 7.10. The van der Waals surface area contributed by atoms with Gasteiger partial charge in [0.25, 0.3) is 0 Å². The van der Waals surface area contributed by atoms with Crippen LogP contribution in [0.4, 0.5) is 11.5 Å². The molecule has 1 aliphatic heterocycles. The van der Waals surface area contributed by atoms with Gasteiger partial charge in [0.15, 0.2) is 5.82 Å². The molecular weight excluding hydrogens is 364 g/mol. The number of rotatable bonds is 5.